The van der Waals surface area contributed by atoms with Gasteiger partial charge >= 0.3 is 0 Å². The van der Waals surface area contributed by atoms with Crippen molar-refractivity contribution in [1.29, 1.82) is 0 Å². The van der Waals surface area contributed by atoms with Gasteiger partial charge in [-0.1, -0.05) is 11.6 Å². The minimum atomic E-state index is -0.498. The summed E-state index contributed by atoms with van der Waals surface area (Å²) in [5.74, 6) is 0.723. The topological polar surface area (TPSA) is 50.7 Å². The fourth-order valence-corrected chi connectivity index (χ4v) is 1.79. The molecule has 1 saturated heterocycles. The Morgan fingerprint density at radius 2 is 2.31 bits per heavy atom. The van der Waals surface area contributed by atoms with Gasteiger partial charge in [0.05, 0.1) is 43.2 Å². The third-order valence-electron chi connectivity index (χ3n) is 2.56. The van der Waals surface area contributed by atoms with Crippen LogP contribution in [0.5, 0.6) is 5.75 Å². The number of nitrogens with one attached hydrogen (secondary N) is 1. The van der Waals surface area contributed by atoms with Crippen LogP contribution in [0.1, 0.15) is 0 Å². The largest absolute Gasteiger partial charge is 0.497 e. The van der Waals surface area contributed by atoms with Crippen LogP contribution in [0, 0.1) is 0 Å². The fraction of sp³-hybridized carbons (Fsp3) is 0.455. The molecule has 5 heteroatoms. The third-order valence-corrected chi connectivity index (χ3v) is 2.89. The van der Waals surface area contributed by atoms with Crippen molar-refractivity contribution in [3.8, 4) is 5.75 Å². The zero-order valence-corrected chi connectivity index (χ0v) is 9.70. The molecule has 0 saturated carbocycles. The van der Waals surface area contributed by atoms with E-state index in [1.807, 2.05) is 0 Å². The molecule has 0 amide bonds. The van der Waals surface area contributed by atoms with Crippen molar-refractivity contribution >= 4 is 17.3 Å². The molecule has 16 heavy (non-hydrogen) atoms. The Hall–Kier alpha value is -0.970. The van der Waals surface area contributed by atoms with Crippen molar-refractivity contribution in [3.63, 3.8) is 0 Å². The summed E-state index contributed by atoms with van der Waals surface area (Å²) in [4.78, 5) is 0. The average molecular weight is 244 g/mol. The van der Waals surface area contributed by atoms with Crippen LogP contribution in [0.25, 0.3) is 0 Å². The molecule has 2 atom stereocenters. The molecule has 0 aromatic heterocycles. The zero-order chi connectivity index (χ0) is 11.5. The van der Waals surface area contributed by atoms with Crippen molar-refractivity contribution in [3.05, 3.63) is 23.2 Å². The van der Waals surface area contributed by atoms with E-state index in [1.54, 1.807) is 25.3 Å². The molecule has 0 bridgehead atoms. The van der Waals surface area contributed by atoms with Gasteiger partial charge < -0.3 is 19.9 Å². The summed E-state index contributed by atoms with van der Waals surface area (Å²) >= 11 is 6.04. The lowest BCUT2D eigenvalue weighted by molar-refractivity contribution is 0.125. The second kappa shape index (κ2) is 4.91. The van der Waals surface area contributed by atoms with E-state index in [0.29, 0.717) is 18.2 Å². The Bertz CT molecular complexity index is 372. The monoisotopic (exact) mass is 243 g/mol. The van der Waals surface area contributed by atoms with Gasteiger partial charge in [-0.15, -0.1) is 0 Å². The van der Waals surface area contributed by atoms with Gasteiger partial charge in [0.15, 0.2) is 0 Å². The maximum atomic E-state index is 9.61. The minimum absolute atomic E-state index is 0.121. The van der Waals surface area contributed by atoms with Crippen molar-refractivity contribution in [2.45, 2.75) is 12.1 Å². The molecule has 88 valence electrons. The predicted octanol–water partition coefficient (Wildman–Crippen LogP) is 1.52. The number of hydrogen-bond donors (Lipinski definition) is 2. The lowest BCUT2D eigenvalue weighted by atomic mass is 10.2. The van der Waals surface area contributed by atoms with Crippen LogP contribution in [0.15, 0.2) is 18.2 Å². The quantitative estimate of drug-likeness (QED) is 0.845. The predicted molar refractivity (Wildman–Crippen MR) is 62.2 cm³/mol. The van der Waals surface area contributed by atoms with Gasteiger partial charge in [0.2, 0.25) is 0 Å². The van der Waals surface area contributed by atoms with Gasteiger partial charge in [0.1, 0.15) is 5.75 Å². The van der Waals surface area contributed by atoms with Crippen molar-refractivity contribution < 1.29 is 14.6 Å². The first-order valence-corrected chi connectivity index (χ1v) is 5.44. The minimum Gasteiger partial charge on any atom is -0.497 e. The maximum absolute atomic E-state index is 9.61. The molecule has 1 heterocycles. The Morgan fingerprint density at radius 3 is 2.94 bits per heavy atom. The Morgan fingerprint density at radius 1 is 1.50 bits per heavy atom. The SMILES string of the molecule is COc1ccc(Cl)c(NC2COCC2O)c1. The number of halogens is 1. The lowest BCUT2D eigenvalue weighted by Gasteiger charge is -2.17. The molecule has 2 rings (SSSR count). The van der Waals surface area contributed by atoms with Crippen molar-refractivity contribution in [2.75, 3.05) is 25.6 Å². The number of rotatable bonds is 3. The number of methoxy groups -OCH3 is 1. The molecular weight excluding hydrogens is 230 g/mol. The number of hydrogen-bond acceptors (Lipinski definition) is 4. The molecule has 2 unspecified atom stereocenters. The number of ether oxygens (including phenoxy) is 2. The van der Waals surface area contributed by atoms with E-state index in [9.17, 15) is 5.11 Å². The van der Waals surface area contributed by atoms with E-state index < -0.39 is 6.10 Å². The second-order valence-corrected chi connectivity index (χ2v) is 4.11. The van der Waals surface area contributed by atoms with E-state index in [2.05, 4.69) is 5.32 Å². The highest BCUT2D eigenvalue weighted by Crippen LogP contribution is 2.28. The second-order valence-electron chi connectivity index (χ2n) is 3.70. The molecule has 2 N–H and O–H groups in total. The fourth-order valence-electron chi connectivity index (χ4n) is 1.62. The highest BCUT2D eigenvalue weighted by Gasteiger charge is 2.26. The van der Waals surface area contributed by atoms with E-state index in [4.69, 9.17) is 21.1 Å². The number of benzene rings is 1. The smallest absolute Gasteiger partial charge is 0.121 e. The molecule has 1 aromatic carbocycles. The normalized spacial score (nSPS) is 24.4. The third kappa shape index (κ3) is 2.40. The zero-order valence-electron chi connectivity index (χ0n) is 8.94. The van der Waals surface area contributed by atoms with E-state index >= 15 is 0 Å². The van der Waals surface area contributed by atoms with Crippen LogP contribution < -0.4 is 10.1 Å². The summed E-state index contributed by atoms with van der Waals surface area (Å²) < 4.78 is 10.3. The van der Waals surface area contributed by atoms with Gasteiger partial charge in [-0.05, 0) is 12.1 Å². The molecule has 4 nitrogen and oxygen atoms in total. The first-order chi connectivity index (χ1) is 7.70. The number of aliphatic hydroxyl groups excluding tert-OH is 1. The summed E-state index contributed by atoms with van der Waals surface area (Å²) in [7, 11) is 1.60. The van der Waals surface area contributed by atoms with E-state index in [-0.39, 0.29) is 6.04 Å². The summed E-state index contributed by atoms with van der Waals surface area (Å²) in [6, 6.07) is 5.22. The summed E-state index contributed by atoms with van der Waals surface area (Å²) in [6.45, 7) is 0.841. The van der Waals surface area contributed by atoms with Crippen molar-refractivity contribution in [1.82, 2.24) is 0 Å². The Labute approximate surface area is 99.1 Å². The summed E-state index contributed by atoms with van der Waals surface area (Å²) in [5.41, 5.74) is 0.746. The molecule has 1 aliphatic rings. The van der Waals surface area contributed by atoms with Crippen LogP contribution in [0.3, 0.4) is 0 Å². The molecule has 0 aliphatic carbocycles. The van der Waals surface area contributed by atoms with Crippen molar-refractivity contribution in [2.24, 2.45) is 0 Å². The highest BCUT2D eigenvalue weighted by molar-refractivity contribution is 6.33. The molecule has 1 fully saturated rings. The maximum Gasteiger partial charge on any atom is 0.121 e. The molecule has 0 radical (unpaired) electrons. The molecule has 1 aromatic rings. The van der Waals surface area contributed by atoms with Crippen LogP contribution in [-0.2, 0) is 4.74 Å². The molecular formula is C11H14ClNO3. The van der Waals surface area contributed by atoms with Gasteiger partial charge in [-0.25, -0.2) is 0 Å². The first kappa shape index (κ1) is 11.5. The standard InChI is InChI=1S/C11H14ClNO3/c1-15-7-2-3-8(12)9(4-7)13-10-5-16-6-11(10)14/h2-4,10-11,13-14H,5-6H2,1H3. The van der Waals surface area contributed by atoms with E-state index in [1.165, 1.54) is 0 Å². The van der Waals surface area contributed by atoms with Crippen LogP contribution in [-0.4, -0.2) is 37.6 Å². The highest BCUT2D eigenvalue weighted by atomic mass is 35.5. The van der Waals surface area contributed by atoms with Gasteiger partial charge in [0, 0.05) is 6.07 Å². The Balaban J connectivity index is 2.13. The van der Waals surface area contributed by atoms with E-state index in [0.717, 1.165) is 11.4 Å². The number of aliphatic hydroxyl groups is 1. The Kier molecular flexibility index (Phi) is 3.53. The average Bonchev–Trinajstić information content (AvgIpc) is 2.68. The summed E-state index contributed by atoms with van der Waals surface area (Å²) in [6.07, 6.45) is -0.498. The van der Waals surface area contributed by atoms with Crippen LogP contribution in [0.2, 0.25) is 5.02 Å². The number of anilines is 1. The summed E-state index contributed by atoms with van der Waals surface area (Å²) in [5, 5.41) is 13.3. The lowest BCUT2D eigenvalue weighted by Crippen LogP contribution is -2.31. The van der Waals surface area contributed by atoms with Crippen LogP contribution >= 0.6 is 11.6 Å². The first-order valence-electron chi connectivity index (χ1n) is 5.06. The van der Waals surface area contributed by atoms with Gasteiger partial charge in [-0.3, -0.25) is 0 Å². The van der Waals surface area contributed by atoms with Crippen LogP contribution in [0.4, 0.5) is 5.69 Å². The van der Waals surface area contributed by atoms with Gasteiger partial charge in [0.25, 0.3) is 0 Å². The van der Waals surface area contributed by atoms with Gasteiger partial charge in [-0.2, -0.15) is 0 Å². The molecule has 1 aliphatic heterocycles. The molecule has 0 spiro atoms.